The lowest BCUT2D eigenvalue weighted by Gasteiger charge is -2.32. The molecule has 1 heterocycles. The topological polar surface area (TPSA) is 49.8 Å². The number of hydrogen-bond acceptors (Lipinski definition) is 3. The van der Waals surface area contributed by atoms with E-state index in [0.717, 1.165) is 50.1 Å². The fourth-order valence-electron chi connectivity index (χ4n) is 2.80. The van der Waals surface area contributed by atoms with E-state index in [-0.39, 0.29) is 6.04 Å². The number of ether oxygens (including phenoxy) is 1. The van der Waals surface area contributed by atoms with E-state index in [1.165, 1.54) is 0 Å². The van der Waals surface area contributed by atoms with Crippen molar-refractivity contribution < 1.29 is 14.6 Å². The SMILES string of the molecule is CC(C)CCOc1ccc(CN2CCCCC2C(=O)O)cc1. The number of carboxylic acid groups (broad SMARTS) is 1. The molecule has 0 aliphatic carbocycles. The van der Waals surface area contributed by atoms with Crippen LogP contribution in [0.2, 0.25) is 0 Å². The molecule has 1 aromatic carbocycles. The van der Waals surface area contributed by atoms with Gasteiger partial charge in [0.1, 0.15) is 11.8 Å². The molecule has 0 radical (unpaired) electrons. The average molecular weight is 305 g/mol. The van der Waals surface area contributed by atoms with Crippen molar-refractivity contribution in [3.8, 4) is 5.75 Å². The molecule has 1 unspecified atom stereocenters. The summed E-state index contributed by atoms with van der Waals surface area (Å²) < 4.78 is 5.71. The molecule has 0 aromatic heterocycles. The van der Waals surface area contributed by atoms with Gasteiger partial charge in [0.2, 0.25) is 0 Å². The Morgan fingerprint density at radius 3 is 2.68 bits per heavy atom. The summed E-state index contributed by atoms with van der Waals surface area (Å²) in [4.78, 5) is 13.4. The first kappa shape index (κ1) is 16.8. The maximum atomic E-state index is 11.3. The summed E-state index contributed by atoms with van der Waals surface area (Å²) in [5.74, 6) is 0.831. The zero-order valence-corrected chi connectivity index (χ0v) is 13.6. The first-order valence-electron chi connectivity index (χ1n) is 8.25. The summed E-state index contributed by atoms with van der Waals surface area (Å²) in [5, 5.41) is 9.31. The van der Waals surface area contributed by atoms with Crippen LogP contribution in [-0.2, 0) is 11.3 Å². The maximum Gasteiger partial charge on any atom is 0.320 e. The molecule has 2 rings (SSSR count). The Morgan fingerprint density at radius 1 is 1.32 bits per heavy atom. The van der Waals surface area contributed by atoms with Crippen LogP contribution in [0.15, 0.2) is 24.3 Å². The van der Waals surface area contributed by atoms with E-state index in [0.29, 0.717) is 12.5 Å². The number of likely N-dealkylation sites (tertiary alicyclic amines) is 1. The summed E-state index contributed by atoms with van der Waals surface area (Å²) in [6, 6.07) is 7.71. The summed E-state index contributed by atoms with van der Waals surface area (Å²) in [5.41, 5.74) is 1.14. The van der Waals surface area contributed by atoms with E-state index in [4.69, 9.17) is 4.74 Å². The lowest BCUT2D eigenvalue weighted by Crippen LogP contribution is -2.43. The normalized spacial score (nSPS) is 19.3. The molecule has 0 bridgehead atoms. The van der Waals surface area contributed by atoms with Crippen molar-refractivity contribution in [2.45, 2.75) is 52.1 Å². The molecule has 4 nitrogen and oxygen atoms in total. The van der Waals surface area contributed by atoms with Gasteiger partial charge in [-0.05, 0) is 49.4 Å². The molecule has 1 fully saturated rings. The Balaban J connectivity index is 1.88. The van der Waals surface area contributed by atoms with Gasteiger partial charge in [0.15, 0.2) is 0 Å². The Kier molecular flexibility index (Phi) is 6.25. The highest BCUT2D eigenvalue weighted by molar-refractivity contribution is 5.73. The summed E-state index contributed by atoms with van der Waals surface area (Å²) in [7, 11) is 0. The Labute approximate surface area is 133 Å². The van der Waals surface area contributed by atoms with E-state index < -0.39 is 5.97 Å². The number of hydrogen-bond donors (Lipinski definition) is 1. The van der Waals surface area contributed by atoms with Crippen molar-refractivity contribution in [3.63, 3.8) is 0 Å². The molecular weight excluding hydrogens is 278 g/mol. The van der Waals surface area contributed by atoms with Crippen molar-refractivity contribution in [1.82, 2.24) is 4.90 Å². The fraction of sp³-hybridized carbons (Fsp3) is 0.611. The first-order chi connectivity index (χ1) is 10.6. The molecule has 4 heteroatoms. The van der Waals surface area contributed by atoms with Gasteiger partial charge >= 0.3 is 5.97 Å². The van der Waals surface area contributed by atoms with Crippen molar-refractivity contribution in [1.29, 1.82) is 0 Å². The van der Waals surface area contributed by atoms with Crippen LogP contribution in [0.3, 0.4) is 0 Å². The lowest BCUT2D eigenvalue weighted by atomic mass is 10.0. The Morgan fingerprint density at radius 2 is 2.05 bits per heavy atom. The van der Waals surface area contributed by atoms with Gasteiger partial charge in [0.05, 0.1) is 6.61 Å². The molecule has 1 aliphatic rings. The number of benzene rings is 1. The monoisotopic (exact) mass is 305 g/mol. The van der Waals surface area contributed by atoms with E-state index in [9.17, 15) is 9.90 Å². The van der Waals surface area contributed by atoms with Crippen molar-refractivity contribution in [3.05, 3.63) is 29.8 Å². The highest BCUT2D eigenvalue weighted by Crippen LogP contribution is 2.21. The molecule has 0 saturated carbocycles. The van der Waals surface area contributed by atoms with Crippen LogP contribution in [0.4, 0.5) is 0 Å². The van der Waals surface area contributed by atoms with Crippen LogP contribution in [0.1, 0.15) is 45.1 Å². The van der Waals surface area contributed by atoms with Crippen LogP contribution in [-0.4, -0.2) is 35.2 Å². The van der Waals surface area contributed by atoms with Crippen molar-refractivity contribution >= 4 is 5.97 Å². The number of aliphatic carboxylic acids is 1. The molecule has 1 saturated heterocycles. The van der Waals surface area contributed by atoms with Crippen LogP contribution in [0.25, 0.3) is 0 Å². The molecule has 122 valence electrons. The second kappa shape index (κ2) is 8.18. The molecule has 1 N–H and O–H groups in total. The predicted octanol–water partition coefficient (Wildman–Crippen LogP) is 3.55. The van der Waals surface area contributed by atoms with Gasteiger partial charge in [-0.3, -0.25) is 9.69 Å². The van der Waals surface area contributed by atoms with Crippen LogP contribution >= 0.6 is 0 Å². The number of carbonyl (C=O) groups is 1. The minimum absolute atomic E-state index is 0.337. The van der Waals surface area contributed by atoms with Crippen molar-refractivity contribution in [2.75, 3.05) is 13.2 Å². The zero-order chi connectivity index (χ0) is 15.9. The van der Waals surface area contributed by atoms with E-state index in [1.807, 2.05) is 24.3 Å². The smallest absolute Gasteiger partial charge is 0.320 e. The second-order valence-corrected chi connectivity index (χ2v) is 6.50. The number of piperidine rings is 1. The quantitative estimate of drug-likeness (QED) is 0.837. The van der Waals surface area contributed by atoms with E-state index in [2.05, 4.69) is 18.7 Å². The highest BCUT2D eigenvalue weighted by Gasteiger charge is 2.28. The Hall–Kier alpha value is -1.55. The zero-order valence-electron chi connectivity index (χ0n) is 13.6. The lowest BCUT2D eigenvalue weighted by molar-refractivity contribution is -0.144. The molecule has 0 amide bonds. The van der Waals surface area contributed by atoms with Gasteiger partial charge in [0.25, 0.3) is 0 Å². The first-order valence-corrected chi connectivity index (χ1v) is 8.25. The molecular formula is C18H27NO3. The molecule has 1 aliphatic heterocycles. The highest BCUT2D eigenvalue weighted by atomic mass is 16.5. The third kappa shape index (κ3) is 5.02. The molecule has 0 spiro atoms. The van der Waals surface area contributed by atoms with Gasteiger partial charge in [-0.15, -0.1) is 0 Å². The van der Waals surface area contributed by atoms with E-state index in [1.54, 1.807) is 0 Å². The predicted molar refractivity (Wildman–Crippen MR) is 87.1 cm³/mol. The fourth-order valence-corrected chi connectivity index (χ4v) is 2.80. The van der Waals surface area contributed by atoms with E-state index >= 15 is 0 Å². The maximum absolute atomic E-state index is 11.3. The minimum Gasteiger partial charge on any atom is -0.494 e. The second-order valence-electron chi connectivity index (χ2n) is 6.50. The van der Waals surface area contributed by atoms with Gasteiger partial charge < -0.3 is 9.84 Å². The van der Waals surface area contributed by atoms with Crippen molar-refractivity contribution in [2.24, 2.45) is 5.92 Å². The third-order valence-electron chi connectivity index (χ3n) is 4.17. The summed E-state index contributed by atoms with van der Waals surface area (Å²) in [6.45, 7) is 6.67. The number of rotatable bonds is 7. The van der Waals surface area contributed by atoms with Gasteiger partial charge in [-0.25, -0.2) is 0 Å². The van der Waals surface area contributed by atoms with Crippen LogP contribution in [0, 0.1) is 5.92 Å². The Bertz CT molecular complexity index is 470. The number of nitrogens with zero attached hydrogens (tertiary/aromatic N) is 1. The van der Waals surface area contributed by atoms with Crippen LogP contribution < -0.4 is 4.74 Å². The largest absolute Gasteiger partial charge is 0.494 e. The molecule has 1 aromatic rings. The van der Waals surface area contributed by atoms with Gasteiger partial charge in [-0.2, -0.15) is 0 Å². The molecule has 1 atom stereocenters. The third-order valence-corrected chi connectivity index (χ3v) is 4.17. The summed E-state index contributed by atoms with van der Waals surface area (Å²) in [6.07, 6.45) is 3.90. The standard InChI is InChI=1S/C18H27NO3/c1-14(2)10-12-22-16-8-6-15(7-9-16)13-19-11-4-3-5-17(19)18(20)21/h6-9,14,17H,3-5,10-13H2,1-2H3,(H,20,21). The average Bonchev–Trinajstić information content (AvgIpc) is 2.49. The van der Waals surface area contributed by atoms with Gasteiger partial charge in [0, 0.05) is 6.54 Å². The number of carboxylic acids is 1. The van der Waals surface area contributed by atoms with Gasteiger partial charge in [-0.1, -0.05) is 32.4 Å². The van der Waals surface area contributed by atoms with Crippen LogP contribution in [0.5, 0.6) is 5.75 Å². The molecule has 22 heavy (non-hydrogen) atoms. The minimum atomic E-state index is -0.701. The summed E-state index contributed by atoms with van der Waals surface area (Å²) >= 11 is 0.